The Morgan fingerprint density at radius 2 is 1.96 bits per heavy atom. The second kappa shape index (κ2) is 6.15. The van der Waals surface area contributed by atoms with Crippen LogP contribution in [-0.2, 0) is 4.74 Å². The van der Waals surface area contributed by atoms with E-state index in [2.05, 4.69) is 17.9 Å². The molecular weight excluding hydrogens is 316 g/mol. The Hall–Kier alpha value is -1.85. The van der Waals surface area contributed by atoms with Gasteiger partial charge in [0.15, 0.2) is 5.76 Å². The molecule has 5 nitrogen and oxygen atoms in total. The molecule has 0 unspecified atom stereocenters. The summed E-state index contributed by atoms with van der Waals surface area (Å²) in [7, 11) is 0. The molecule has 1 spiro atoms. The second-order valence-corrected chi connectivity index (χ2v) is 7.24. The predicted octanol–water partition coefficient (Wildman–Crippen LogP) is 3.33. The summed E-state index contributed by atoms with van der Waals surface area (Å²) in [5.74, 6) is 0.428. The smallest absolute Gasteiger partial charge is 0.292 e. The number of benzene rings is 1. The van der Waals surface area contributed by atoms with Gasteiger partial charge in [0.05, 0.1) is 6.61 Å². The minimum atomic E-state index is -0.454. The summed E-state index contributed by atoms with van der Waals surface area (Å²) in [6.07, 6.45) is 1.73. The molecule has 0 atom stereocenters. The van der Waals surface area contributed by atoms with E-state index < -0.39 is 5.72 Å². The third-order valence-electron chi connectivity index (χ3n) is 5.80. The third kappa shape index (κ3) is 2.66. The molecule has 25 heavy (non-hydrogen) atoms. The molecule has 2 aliphatic rings. The Labute approximate surface area is 148 Å². The number of rotatable bonds is 2. The second-order valence-electron chi connectivity index (χ2n) is 7.24. The largest absolute Gasteiger partial charge is 0.451 e. The Kier molecular flexibility index (Phi) is 4.08. The van der Waals surface area contributed by atoms with Crippen LogP contribution in [-0.4, -0.2) is 54.2 Å². The van der Waals surface area contributed by atoms with Gasteiger partial charge in [-0.25, -0.2) is 0 Å². The summed E-state index contributed by atoms with van der Waals surface area (Å²) in [4.78, 5) is 17.6. The summed E-state index contributed by atoms with van der Waals surface area (Å²) >= 11 is 0. The van der Waals surface area contributed by atoms with E-state index in [1.54, 1.807) is 0 Å². The van der Waals surface area contributed by atoms with Crippen molar-refractivity contribution >= 4 is 16.9 Å². The third-order valence-corrected chi connectivity index (χ3v) is 5.80. The van der Waals surface area contributed by atoms with Gasteiger partial charge in [-0.15, -0.1) is 0 Å². The van der Waals surface area contributed by atoms with Crippen LogP contribution in [0.1, 0.15) is 41.4 Å². The number of carbonyl (C=O) groups excluding carboxylic acids is 1. The first kappa shape index (κ1) is 16.6. The van der Waals surface area contributed by atoms with Crippen LogP contribution in [0.25, 0.3) is 11.0 Å². The van der Waals surface area contributed by atoms with Crippen LogP contribution in [0.5, 0.6) is 0 Å². The molecule has 1 amide bonds. The lowest BCUT2D eigenvalue weighted by Crippen LogP contribution is -2.54. The minimum Gasteiger partial charge on any atom is -0.451 e. The van der Waals surface area contributed by atoms with E-state index in [0.29, 0.717) is 18.9 Å². The lowest BCUT2D eigenvalue weighted by atomic mass is 9.98. The predicted molar refractivity (Wildman–Crippen MR) is 96.8 cm³/mol. The average molecular weight is 342 g/mol. The highest BCUT2D eigenvalue weighted by atomic mass is 16.5. The van der Waals surface area contributed by atoms with Crippen LogP contribution < -0.4 is 0 Å². The number of fused-ring (bicyclic) bond motifs is 1. The van der Waals surface area contributed by atoms with Gasteiger partial charge in [0.1, 0.15) is 11.3 Å². The van der Waals surface area contributed by atoms with Gasteiger partial charge in [-0.05, 0) is 32.0 Å². The molecule has 0 radical (unpaired) electrons. The van der Waals surface area contributed by atoms with Crippen molar-refractivity contribution < 1.29 is 13.9 Å². The van der Waals surface area contributed by atoms with E-state index in [0.717, 1.165) is 54.6 Å². The average Bonchev–Trinajstić information content (AvgIpc) is 3.16. The molecule has 2 aliphatic heterocycles. The van der Waals surface area contributed by atoms with Gasteiger partial charge in [-0.2, -0.15) is 0 Å². The number of aryl methyl sites for hydroxylation is 2. The number of likely N-dealkylation sites (tertiary alicyclic amines) is 1. The van der Waals surface area contributed by atoms with Crippen LogP contribution >= 0.6 is 0 Å². The summed E-state index contributed by atoms with van der Waals surface area (Å²) < 4.78 is 12.1. The summed E-state index contributed by atoms with van der Waals surface area (Å²) in [5.41, 5.74) is 2.39. The SMILES string of the molecule is CCN1CCC2(CC1)OCCN2C(=O)c1oc2cc(C)ccc2c1C. The highest BCUT2D eigenvalue weighted by Crippen LogP contribution is 2.37. The van der Waals surface area contributed by atoms with Gasteiger partial charge in [-0.1, -0.05) is 19.1 Å². The molecule has 2 saturated heterocycles. The maximum absolute atomic E-state index is 13.3. The molecule has 0 saturated carbocycles. The van der Waals surface area contributed by atoms with Crippen LogP contribution in [0.3, 0.4) is 0 Å². The lowest BCUT2D eigenvalue weighted by Gasteiger charge is -2.43. The molecule has 1 aromatic carbocycles. The molecule has 0 aliphatic carbocycles. The maximum atomic E-state index is 13.3. The molecule has 134 valence electrons. The summed E-state index contributed by atoms with van der Waals surface area (Å²) in [5, 5.41) is 1.02. The highest BCUT2D eigenvalue weighted by molar-refractivity contribution is 5.99. The molecule has 1 aromatic heterocycles. The molecule has 2 aromatic rings. The standard InChI is InChI=1S/C20H26N2O3/c1-4-21-9-7-20(8-10-21)22(11-12-24-20)19(23)18-15(3)16-6-5-14(2)13-17(16)25-18/h5-6,13H,4,7-12H2,1-3H3. The fourth-order valence-electron chi connectivity index (χ4n) is 4.19. The molecule has 5 heteroatoms. The van der Waals surface area contributed by atoms with E-state index in [1.165, 1.54) is 0 Å². The van der Waals surface area contributed by atoms with Crippen molar-refractivity contribution in [3.63, 3.8) is 0 Å². The number of ether oxygens (including phenoxy) is 1. The number of carbonyl (C=O) groups is 1. The topological polar surface area (TPSA) is 45.9 Å². The molecule has 2 fully saturated rings. The molecule has 3 heterocycles. The van der Waals surface area contributed by atoms with Crippen molar-refractivity contribution in [2.75, 3.05) is 32.8 Å². The first-order valence-corrected chi connectivity index (χ1v) is 9.22. The fourth-order valence-corrected chi connectivity index (χ4v) is 4.19. The normalized spacial score (nSPS) is 20.7. The van der Waals surface area contributed by atoms with Crippen molar-refractivity contribution in [1.82, 2.24) is 9.80 Å². The van der Waals surface area contributed by atoms with Crippen LogP contribution in [0.4, 0.5) is 0 Å². The first-order valence-electron chi connectivity index (χ1n) is 9.22. The maximum Gasteiger partial charge on any atom is 0.292 e. The quantitative estimate of drug-likeness (QED) is 0.840. The number of piperidine rings is 1. The Balaban J connectivity index is 1.65. The van der Waals surface area contributed by atoms with Crippen molar-refractivity contribution in [2.24, 2.45) is 0 Å². The van der Waals surface area contributed by atoms with E-state index in [4.69, 9.17) is 9.15 Å². The number of furan rings is 1. The molecular formula is C20H26N2O3. The molecule has 0 N–H and O–H groups in total. The van der Waals surface area contributed by atoms with Gasteiger partial charge in [0.25, 0.3) is 5.91 Å². The van der Waals surface area contributed by atoms with Crippen molar-refractivity contribution in [3.8, 4) is 0 Å². The monoisotopic (exact) mass is 342 g/mol. The van der Waals surface area contributed by atoms with Crippen molar-refractivity contribution in [2.45, 2.75) is 39.3 Å². The Morgan fingerprint density at radius 1 is 1.20 bits per heavy atom. The van der Waals surface area contributed by atoms with Crippen LogP contribution in [0.15, 0.2) is 22.6 Å². The minimum absolute atomic E-state index is 0.0335. The van der Waals surface area contributed by atoms with Crippen molar-refractivity contribution in [3.05, 3.63) is 35.1 Å². The Bertz CT molecular complexity index is 803. The van der Waals surface area contributed by atoms with Gasteiger partial charge in [-0.3, -0.25) is 4.79 Å². The van der Waals surface area contributed by atoms with Crippen molar-refractivity contribution in [1.29, 1.82) is 0 Å². The highest BCUT2D eigenvalue weighted by Gasteiger charge is 2.47. The first-order chi connectivity index (χ1) is 12.0. The number of nitrogens with zero attached hydrogens (tertiary/aromatic N) is 2. The lowest BCUT2D eigenvalue weighted by molar-refractivity contribution is -0.105. The fraction of sp³-hybridized carbons (Fsp3) is 0.550. The van der Waals surface area contributed by atoms with Gasteiger partial charge in [0.2, 0.25) is 0 Å². The summed E-state index contributed by atoms with van der Waals surface area (Å²) in [6, 6.07) is 6.09. The van der Waals surface area contributed by atoms with Gasteiger partial charge < -0.3 is 19.0 Å². The zero-order valence-electron chi connectivity index (χ0n) is 15.3. The number of hydrogen-bond donors (Lipinski definition) is 0. The number of hydrogen-bond acceptors (Lipinski definition) is 4. The van der Waals surface area contributed by atoms with E-state index in [1.807, 2.05) is 30.9 Å². The van der Waals surface area contributed by atoms with Gasteiger partial charge >= 0.3 is 0 Å². The van der Waals surface area contributed by atoms with E-state index >= 15 is 0 Å². The summed E-state index contributed by atoms with van der Waals surface area (Å²) in [6.45, 7) is 10.4. The number of amides is 1. The molecule has 4 rings (SSSR count). The Morgan fingerprint density at radius 3 is 2.68 bits per heavy atom. The van der Waals surface area contributed by atoms with Gasteiger partial charge in [0, 0.05) is 43.4 Å². The van der Waals surface area contributed by atoms with Crippen LogP contribution in [0, 0.1) is 13.8 Å². The zero-order valence-corrected chi connectivity index (χ0v) is 15.3. The molecule has 0 bridgehead atoms. The van der Waals surface area contributed by atoms with E-state index in [9.17, 15) is 4.79 Å². The van der Waals surface area contributed by atoms with E-state index in [-0.39, 0.29) is 5.91 Å². The van der Waals surface area contributed by atoms with Crippen LogP contribution in [0.2, 0.25) is 0 Å². The zero-order chi connectivity index (χ0) is 17.6.